The Hall–Kier alpha value is -1.23. The summed E-state index contributed by atoms with van der Waals surface area (Å²) in [5.41, 5.74) is 6.63. The molecule has 4 nitrogen and oxygen atoms in total. The number of nitriles is 1. The number of para-hydroxylation sites is 1. The van der Waals surface area contributed by atoms with Gasteiger partial charge in [-0.3, -0.25) is 0 Å². The van der Waals surface area contributed by atoms with Gasteiger partial charge in [-0.15, -0.1) is 0 Å². The van der Waals surface area contributed by atoms with Gasteiger partial charge in [0.2, 0.25) is 4.51 Å². The summed E-state index contributed by atoms with van der Waals surface area (Å²) in [6.45, 7) is -1.35. The maximum atomic E-state index is 14.3. The van der Waals surface area contributed by atoms with E-state index < -0.39 is 29.7 Å². The first-order chi connectivity index (χ1) is 9.40. The molecule has 0 radical (unpaired) electrons. The molecule has 0 amide bonds. The van der Waals surface area contributed by atoms with Crippen molar-refractivity contribution in [1.29, 1.82) is 5.26 Å². The van der Waals surface area contributed by atoms with E-state index >= 15 is 0 Å². The summed E-state index contributed by atoms with van der Waals surface area (Å²) >= 11 is 2.94. The molecule has 0 aliphatic carbocycles. The number of fused-ring (bicyclic) bond motifs is 1. The van der Waals surface area contributed by atoms with Gasteiger partial charge in [-0.1, -0.05) is 18.2 Å². The highest BCUT2D eigenvalue weighted by atomic mass is 79.9. The van der Waals surface area contributed by atoms with Crippen LogP contribution < -0.4 is 10.5 Å². The minimum absolute atomic E-state index is 0.259. The fraction of sp³-hybridized carbons (Fsp3) is 0.462. The van der Waals surface area contributed by atoms with E-state index in [1.165, 1.54) is 0 Å². The summed E-state index contributed by atoms with van der Waals surface area (Å²) in [7, 11) is 0. The standard InChI is InChI=1S/C13H13BrF2N2O2/c14-13(12(15,16)8-19-6-5-17)11(18)7-9-3-1-2-4-10(9)20-13/h1-4,11H,6-8,18H2/t11?,13-/m0/s1. The molecule has 1 aliphatic heterocycles. The zero-order chi connectivity index (χ0) is 14.8. The van der Waals surface area contributed by atoms with Crippen LogP contribution in [0.3, 0.4) is 0 Å². The largest absolute Gasteiger partial charge is 0.468 e. The van der Waals surface area contributed by atoms with Crippen LogP contribution in [0.15, 0.2) is 24.3 Å². The van der Waals surface area contributed by atoms with Gasteiger partial charge in [0.1, 0.15) is 19.0 Å². The molecule has 1 unspecified atom stereocenters. The number of rotatable bonds is 4. The van der Waals surface area contributed by atoms with E-state index in [2.05, 4.69) is 20.7 Å². The van der Waals surface area contributed by atoms with Crippen LogP contribution in [0.4, 0.5) is 8.78 Å². The molecular weight excluding hydrogens is 334 g/mol. The topological polar surface area (TPSA) is 68.3 Å². The lowest BCUT2D eigenvalue weighted by atomic mass is 9.94. The summed E-state index contributed by atoms with van der Waals surface area (Å²) in [5.74, 6) is -3.01. The van der Waals surface area contributed by atoms with Crippen molar-refractivity contribution in [3.8, 4) is 11.8 Å². The van der Waals surface area contributed by atoms with Crippen LogP contribution >= 0.6 is 15.9 Å². The van der Waals surface area contributed by atoms with Gasteiger partial charge >= 0.3 is 5.92 Å². The molecule has 0 saturated carbocycles. The Labute approximate surface area is 123 Å². The summed E-state index contributed by atoms with van der Waals surface area (Å²) in [5, 5.41) is 8.33. The molecule has 0 saturated heterocycles. The van der Waals surface area contributed by atoms with Gasteiger partial charge in [0.15, 0.2) is 0 Å². The molecule has 1 aromatic rings. The van der Waals surface area contributed by atoms with Gasteiger partial charge in [-0.05, 0) is 34.0 Å². The maximum absolute atomic E-state index is 14.3. The molecule has 2 rings (SSSR count). The third-order valence-corrected chi connectivity index (χ3v) is 4.43. The predicted octanol–water partition coefficient (Wildman–Crippen LogP) is 2.22. The third kappa shape index (κ3) is 2.64. The smallest absolute Gasteiger partial charge is 0.321 e. The normalized spacial score (nSPS) is 25.4. The summed E-state index contributed by atoms with van der Waals surface area (Å²) < 4.78 is 36.5. The lowest BCUT2D eigenvalue weighted by molar-refractivity contribution is -0.160. The summed E-state index contributed by atoms with van der Waals surface area (Å²) in [6.07, 6.45) is 0.259. The minimum Gasteiger partial charge on any atom is -0.468 e. The molecular formula is C13H13BrF2N2O2. The van der Waals surface area contributed by atoms with Gasteiger partial charge in [0.25, 0.3) is 0 Å². The van der Waals surface area contributed by atoms with Gasteiger partial charge in [0.05, 0.1) is 12.1 Å². The number of hydrogen-bond acceptors (Lipinski definition) is 4. The highest BCUT2D eigenvalue weighted by Gasteiger charge is 2.60. The molecule has 7 heteroatoms. The van der Waals surface area contributed by atoms with Crippen molar-refractivity contribution in [2.75, 3.05) is 13.2 Å². The first-order valence-corrected chi connectivity index (χ1v) is 6.74. The van der Waals surface area contributed by atoms with Crippen molar-refractivity contribution in [1.82, 2.24) is 0 Å². The molecule has 20 heavy (non-hydrogen) atoms. The van der Waals surface area contributed by atoms with Crippen molar-refractivity contribution >= 4 is 15.9 Å². The van der Waals surface area contributed by atoms with Gasteiger partial charge in [0, 0.05) is 0 Å². The second-order valence-corrected chi connectivity index (χ2v) is 5.70. The van der Waals surface area contributed by atoms with Gasteiger partial charge in [-0.25, -0.2) is 0 Å². The summed E-state index contributed by atoms with van der Waals surface area (Å²) in [6, 6.07) is 7.59. The SMILES string of the molecule is N#CCOCC(F)(F)[C@@]1(Br)Oc2ccccc2CC1N. The van der Waals surface area contributed by atoms with Gasteiger partial charge in [-0.2, -0.15) is 14.0 Å². The van der Waals surface area contributed by atoms with E-state index in [0.717, 1.165) is 5.56 Å². The highest BCUT2D eigenvalue weighted by molar-refractivity contribution is 9.10. The number of nitrogens with two attached hydrogens (primary N) is 1. The molecule has 1 aromatic carbocycles. The predicted molar refractivity (Wildman–Crippen MR) is 71.8 cm³/mol. The molecule has 0 bridgehead atoms. The Kier molecular flexibility index (Phi) is 4.28. The number of nitrogens with zero attached hydrogens (tertiary/aromatic N) is 1. The lowest BCUT2D eigenvalue weighted by Gasteiger charge is -2.43. The van der Waals surface area contributed by atoms with Crippen LogP contribution in [0.1, 0.15) is 5.56 Å². The van der Waals surface area contributed by atoms with Crippen LogP contribution in [0.2, 0.25) is 0 Å². The average molecular weight is 347 g/mol. The number of hydrogen-bond donors (Lipinski definition) is 1. The molecule has 1 heterocycles. The number of halogens is 3. The van der Waals surface area contributed by atoms with Crippen molar-refractivity contribution in [3.05, 3.63) is 29.8 Å². The second-order valence-electron chi connectivity index (χ2n) is 4.52. The van der Waals surface area contributed by atoms with Crippen LogP contribution in [0.5, 0.6) is 5.75 Å². The molecule has 0 fully saturated rings. The number of ether oxygens (including phenoxy) is 2. The third-order valence-electron chi connectivity index (χ3n) is 3.10. The van der Waals surface area contributed by atoms with Crippen LogP contribution in [-0.4, -0.2) is 29.7 Å². The fourth-order valence-corrected chi connectivity index (χ4v) is 2.50. The van der Waals surface area contributed by atoms with E-state index in [0.29, 0.717) is 5.75 Å². The van der Waals surface area contributed by atoms with E-state index in [-0.39, 0.29) is 6.42 Å². The highest BCUT2D eigenvalue weighted by Crippen LogP contribution is 2.45. The van der Waals surface area contributed by atoms with Crippen molar-refractivity contribution in [2.45, 2.75) is 22.9 Å². The van der Waals surface area contributed by atoms with Crippen molar-refractivity contribution in [3.63, 3.8) is 0 Å². The van der Waals surface area contributed by atoms with E-state index in [4.69, 9.17) is 15.7 Å². The Balaban J connectivity index is 2.24. The van der Waals surface area contributed by atoms with Gasteiger partial charge < -0.3 is 15.2 Å². The first kappa shape index (κ1) is 15.2. The molecule has 2 atom stereocenters. The Morgan fingerprint density at radius 3 is 2.95 bits per heavy atom. The number of benzene rings is 1. The van der Waals surface area contributed by atoms with E-state index in [1.54, 1.807) is 30.3 Å². The Morgan fingerprint density at radius 2 is 2.25 bits per heavy atom. The zero-order valence-corrected chi connectivity index (χ0v) is 12.1. The van der Waals surface area contributed by atoms with E-state index in [1.807, 2.05) is 0 Å². The minimum atomic E-state index is -3.38. The average Bonchev–Trinajstić information content (AvgIpc) is 2.40. The van der Waals surface area contributed by atoms with Crippen LogP contribution in [-0.2, 0) is 11.2 Å². The molecule has 0 aromatic heterocycles. The van der Waals surface area contributed by atoms with Crippen molar-refractivity contribution in [2.24, 2.45) is 5.73 Å². The van der Waals surface area contributed by atoms with Crippen LogP contribution in [0, 0.1) is 11.3 Å². The molecule has 2 N–H and O–H groups in total. The zero-order valence-electron chi connectivity index (χ0n) is 10.5. The number of alkyl halides is 3. The lowest BCUT2D eigenvalue weighted by Crippen LogP contribution is -2.63. The molecule has 108 valence electrons. The first-order valence-electron chi connectivity index (χ1n) is 5.94. The molecule has 0 spiro atoms. The van der Waals surface area contributed by atoms with E-state index in [9.17, 15) is 8.78 Å². The quantitative estimate of drug-likeness (QED) is 0.670. The second kappa shape index (κ2) is 5.64. The fourth-order valence-electron chi connectivity index (χ4n) is 2.05. The molecule has 1 aliphatic rings. The van der Waals surface area contributed by atoms with Crippen LogP contribution in [0.25, 0.3) is 0 Å². The Bertz CT molecular complexity index is 535. The monoisotopic (exact) mass is 346 g/mol. The summed E-state index contributed by atoms with van der Waals surface area (Å²) in [4.78, 5) is 0. The Morgan fingerprint density at radius 1 is 1.55 bits per heavy atom. The van der Waals surface area contributed by atoms with Crippen molar-refractivity contribution < 1.29 is 18.3 Å². The maximum Gasteiger partial charge on any atom is 0.321 e.